The van der Waals surface area contributed by atoms with Crippen LogP contribution >= 0.6 is 11.8 Å². The van der Waals surface area contributed by atoms with E-state index >= 15 is 0 Å². The molecule has 3 amide bonds. The van der Waals surface area contributed by atoms with E-state index in [9.17, 15) is 9.59 Å². The number of hydrogen-bond acceptors (Lipinski definition) is 3. The van der Waals surface area contributed by atoms with E-state index < -0.39 is 5.54 Å². The van der Waals surface area contributed by atoms with Gasteiger partial charge in [-0.3, -0.25) is 9.69 Å². The van der Waals surface area contributed by atoms with Crippen LogP contribution < -0.4 is 5.32 Å². The van der Waals surface area contributed by atoms with Crippen LogP contribution in [0.25, 0.3) is 0 Å². The first-order chi connectivity index (χ1) is 10.6. The van der Waals surface area contributed by atoms with Crippen molar-refractivity contribution in [3.63, 3.8) is 0 Å². The predicted octanol–water partition coefficient (Wildman–Crippen LogP) is 3.41. The smallest absolute Gasteiger partial charge is 0.323 e. The van der Waals surface area contributed by atoms with Gasteiger partial charge in [0.05, 0.1) is 6.54 Å². The second-order valence-electron chi connectivity index (χ2n) is 6.29. The van der Waals surface area contributed by atoms with Gasteiger partial charge in [-0.25, -0.2) is 4.79 Å². The maximum atomic E-state index is 12.9. The lowest BCUT2D eigenvalue weighted by atomic mass is 9.73. The molecule has 2 fully saturated rings. The Labute approximate surface area is 135 Å². The molecule has 3 rings (SSSR count). The zero-order chi connectivity index (χ0) is 15.7. The van der Waals surface area contributed by atoms with E-state index in [1.165, 1.54) is 9.80 Å². The fraction of sp³-hybridized carbons (Fsp3) is 0.529. The van der Waals surface area contributed by atoms with Crippen molar-refractivity contribution in [2.75, 3.05) is 6.26 Å². The number of carbonyl (C=O) groups excluding carboxylic acids is 2. The van der Waals surface area contributed by atoms with Crippen molar-refractivity contribution in [1.29, 1.82) is 0 Å². The highest BCUT2D eigenvalue weighted by Gasteiger charge is 2.54. The monoisotopic (exact) mass is 318 g/mol. The Morgan fingerprint density at radius 1 is 1.27 bits per heavy atom. The van der Waals surface area contributed by atoms with Gasteiger partial charge < -0.3 is 5.32 Å². The van der Waals surface area contributed by atoms with Crippen LogP contribution in [0.2, 0.25) is 0 Å². The van der Waals surface area contributed by atoms with Crippen LogP contribution in [-0.4, -0.2) is 28.6 Å². The molecule has 1 aromatic carbocycles. The summed E-state index contributed by atoms with van der Waals surface area (Å²) < 4.78 is 0. The summed E-state index contributed by atoms with van der Waals surface area (Å²) >= 11 is 1.68. The molecule has 1 saturated carbocycles. The summed E-state index contributed by atoms with van der Waals surface area (Å²) in [6, 6.07) is 7.78. The Kier molecular flexibility index (Phi) is 4.17. The fourth-order valence-corrected chi connectivity index (χ4v) is 3.96. The third kappa shape index (κ3) is 2.51. The average Bonchev–Trinajstić information content (AvgIpc) is 2.76. The highest BCUT2D eigenvalue weighted by atomic mass is 32.2. The molecule has 1 aliphatic carbocycles. The summed E-state index contributed by atoms with van der Waals surface area (Å²) in [7, 11) is 0. The van der Waals surface area contributed by atoms with Crippen LogP contribution in [0.4, 0.5) is 4.79 Å². The second kappa shape index (κ2) is 5.95. The Bertz CT molecular complexity index is 587. The SMILES string of the molecule is CSc1ccc(CN2C(=O)N[C@]3(CCCC[C@H]3C)C2=O)cc1. The van der Waals surface area contributed by atoms with Gasteiger partial charge in [-0.1, -0.05) is 31.9 Å². The minimum atomic E-state index is -0.658. The van der Waals surface area contributed by atoms with E-state index in [4.69, 9.17) is 0 Å². The van der Waals surface area contributed by atoms with Gasteiger partial charge in [0.25, 0.3) is 5.91 Å². The number of hydrogen-bond donors (Lipinski definition) is 1. The van der Waals surface area contributed by atoms with Gasteiger partial charge in [-0.15, -0.1) is 11.8 Å². The fourth-order valence-electron chi connectivity index (χ4n) is 3.55. The van der Waals surface area contributed by atoms with E-state index in [0.717, 1.165) is 31.2 Å². The highest BCUT2D eigenvalue weighted by molar-refractivity contribution is 7.98. The normalized spacial score (nSPS) is 28.3. The van der Waals surface area contributed by atoms with Crippen LogP contribution in [-0.2, 0) is 11.3 Å². The van der Waals surface area contributed by atoms with Crippen molar-refractivity contribution in [2.45, 2.75) is 49.6 Å². The lowest BCUT2D eigenvalue weighted by molar-refractivity contribution is -0.134. The van der Waals surface area contributed by atoms with Crippen LogP contribution in [0.5, 0.6) is 0 Å². The Hall–Kier alpha value is -1.49. The van der Waals surface area contributed by atoms with E-state index in [1.54, 1.807) is 11.8 Å². The molecule has 1 saturated heterocycles. The molecule has 1 aliphatic heterocycles. The number of nitrogens with zero attached hydrogens (tertiary/aromatic N) is 1. The molecular weight excluding hydrogens is 296 g/mol. The molecule has 22 heavy (non-hydrogen) atoms. The lowest BCUT2D eigenvalue weighted by Gasteiger charge is -2.36. The lowest BCUT2D eigenvalue weighted by Crippen LogP contribution is -2.53. The number of rotatable bonds is 3. The summed E-state index contributed by atoms with van der Waals surface area (Å²) in [6.45, 7) is 2.43. The zero-order valence-corrected chi connectivity index (χ0v) is 13.9. The first kappa shape index (κ1) is 15.4. The van der Waals surface area contributed by atoms with Crippen molar-refractivity contribution in [2.24, 2.45) is 5.92 Å². The van der Waals surface area contributed by atoms with E-state index in [-0.39, 0.29) is 17.9 Å². The zero-order valence-electron chi connectivity index (χ0n) is 13.1. The molecule has 1 spiro atoms. The molecule has 2 aliphatic rings. The largest absolute Gasteiger partial charge is 0.325 e. The minimum Gasteiger partial charge on any atom is -0.323 e. The van der Waals surface area contributed by atoms with E-state index in [2.05, 4.69) is 12.2 Å². The third-order valence-corrected chi connectivity index (χ3v) is 5.74. The first-order valence-corrected chi connectivity index (χ1v) is 9.06. The van der Waals surface area contributed by atoms with Crippen LogP contribution in [0.3, 0.4) is 0 Å². The van der Waals surface area contributed by atoms with Crippen molar-refractivity contribution >= 4 is 23.7 Å². The highest BCUT2D eigenvalue weighted by Crippen LogP contribution is 2.38. The summed E-state index contributed by atoms with van der Waals surface area (Å²) in [5, 5.41) is 2.99. The molecule has 2 atom stereocenters. The number of carbonyl (C=O) groups is 2. The molecule has 1 aromatic rings. The molecule has 1 N–H and O–H groups in total. The molecular formula is C17H22N2O2S. The molecule has 5 heteroatoms. The van der Waals surface area contributed by atoms with Crippen LogP contribution in [0.1, 0.15) is 38.2 Å². The van der Waals surface area contributed by atoms with Crippen molar-refractivity contribution in [3.8, 4) is 0 Å². The van der Waals surface area contributed by atoms with Crippen molar-refractivity contribution in [3.05, 3.63) is 29.8 Å². The van der Waals surface area contributed by atoms with Crippen molar-refractivity contribution < 1.29 is 9.59 Å². The van der Waals surface area contributed by atoms with E-state index in [1.807, 2.05) is 30.5 Å². The van der Waals surface area contributed by atoms with Gasteiger partial charge in [0, 0.05) is 4.90 Å². The molecule has 4 nitrogen and oxygen atoms in total. The average molecular weight is 318 g/mol. The number of urea groups is 1. The van der Waals surface area contributed by atoms with Crippen LogP contribution in [0, 0.1) is 5.92 Å². The third-order valence-electron chi connectivity index (χ3n) is 5.00. The maximum Gasteiger partial charge on any atom is 0.325 e. The summed E-state index contributed by atoms with van der Waals surface area (Å²) in [4.78, 5) is 27.8. The Morgan fingerprint density at radius 2 is 2.00 bits per heavy atom. The minimum absolute atomic E-state index is 0.0429. The molecule has 0 radical (unpaired) electrons. The molecule has 118 valence electrons. The quantitative estimate of drug-likeness (QED) is 0.686. The Morgan fingerprint density at radius 3 is 2.64 bits per heavy atom. The maximum absolute atomic E-state index is 12.9. The summed E-state index contributed by atoms with van der Waals surface area (Å²) in [5.41, 5.74) is 0.330. The van der Waals surface area contributed by atoms with Crippen LogP contribution in [0.15, 0.2) is 29.2 Å². The van der Waals surface area contributed by atoms with Gasteiger partial charge in [-0.2, -0.15) is 0 Å². The molecule has 0 bridgehead atoms. The molecule has 1 heterocycles. The van der Waals surface area contributed by atoms with Gasteiger partial charge >= 0.3 is 6.03 Å². The first-order valence-electron chi connectivity index (χ1n) is 7.84. The van der Waals surface area contributed by atoms with Crippen molar-refractivity contribution in [1.82, 2.24) is 10.2 Å². The second-order valence-corrected chi connectivity index (χ2v) is 7.17. The van der Waals surface area contributed by atoms with E-state index in [0.29, 0.717) is 6.54 Å². The van der Waals surface area contributed by atoms with Gasteiger partial charge in [-0.05, 0) is 42.7 Å². The Balaban J connectivity index is 1.79. The summed E-state index contributed by atoms with van der Waals surface area (Å²) in [6.07, 6.45) is 5.94. The molecule has 0 unspecified atom stereocenters. The topological polar surface area (TPSA) is 49.4 Å². The number of thioether (sulfide) groups is 1. The standard InChI is InChI=1S/C17H22N2O2S/c1-12-5-3-4-10-17(12)15(20)19(16(21)18-17)11-13-6-8-14(22-2)9-7-13/h6-9,12H,3-5,10-11H2,1-2H3,(H,18,21)/t12-,17+/m1/s1. The number of imide groups is 1. The number of nitrogens with one attached hydrogen (secondary N) is 1. The summed E-state index contributed by atoms with van der Waals surface area (Å²) in [5.74, 6) is 0.167. The predicted molar refractivity (Wildman–Crippen MR) is 87.7 cm³/mol. The number of benzene rings is 1. The number of amides is 3. The molecule has 0 aromatic heterocycles. The van der Waals surface area contributed by atoms with Gasteiger partial charge in [0.2, 0.25) is 0 Å². The van der Waals surface area contributed by atoms with Gasteiger partial charge in [0.15, 0.2) is 0 Å². The van der Waals surface area contributed by atoms with Gasteiger partial charge in [0.1, 0.15) is 5.54 Å².